The molecule has 4 nitrogen and oxygen atoms in total. The predicted octanol–water partition coefficient (Wildman–Crippen LogP) is 3.89. The monoisotopic (exact) mass is 326 g/mol. The van der Waals surface area contributed by atoms with E-state index in [-0.39, 0.29) is 11.7 Å². The van der Waals surface area contributed by atoms with Gasteiger partial charge in [-0.25, -0.2) is 0 Å². The minimum absolute atomic E-state index is 0.0770. The molecule has 0 unspecified atom stereocenters. The van der Waals surface area contributed by atoms with Gasteiger partial charge in [-0.2, -0.15) is 0 Å². The molecule has 1 heterocycles. The van der Waals surface area contributed by atoms with Crippen molar-refractivity contribution < 1.29 is 4.74 Å². The third kappa shape index (κ3) is 3.35. The van der Waals surface area contributed by atoms with Crippen molar-refractivity contribution in [2.24, 2.45) is 0 Å². The van der Waals surface area contributed by atoms with Gasteiger partial charge in [-0.3, -0.25) is 9.36 Å². The topological polar surface area (TPSA) is 47.0 Å². The van der Waals surface area contributed by atoms with E-state index in [0.717, 1.165) is 16.8 Å². The van der Waals surface area contributed by atoms with E-state index in [2.05, 4.69) is 4.98 Å². The van der Waals surface area contributed by atoms with E-state index >= 15 is 0 Å². The normalized spacial score (nSPS) is 11.1. The maximum Gasteiger partial charge on any atom is 0.262 e. The lowest BCUT2D eigenvalue weighted by atomic mass is 10.2. The molecule has 0 fully saturated rings. The van der Waals surface area contributed by atoms with Crippen LogP contribution in [0.4, 0.5) is 0 Å². The summed E-state index contributed by atoms with van der Waals surface area (Å²) in [6, 6.07) is 15.1. The largest absolute Gasteiger partial charge is 0.491 e. The Morgan fingerprint density at radius 3 is 2.52 bits per heavy atom. The second kappa shape index (κ2) is 6.38. The van der Waals surface area contributed by atoms with Crippen LogP contribution in [0.3, 0.4) is 0 Å². The van der Waals surface area contributed by atoms with E-state index in [9.17, 15) is 4.79 Å². The number of hydrogen-bond acceptors (Lipinski definition) is 3. The maximum atomic E-state index is 12.6. The fourth-order valence-corrected chi connectivity index (χ4v) is 2.73. The summed E-state index contributed by atoms with van der Waals surface area (Å²) >= 11 is 5.33. The first-order valence-electron chi connectivity index (χ1n) is 7.52. The van der Waals surface area contributed by atoms with Crippen LogP contribution in [0.15, 0.2) is 53.3 Å². The Morgan fingerprint density at radius 1 is 1.13 bits per heavy atom. The van der Waals surface area contributed by atoms with Gasteiger partial charge in [0.15, 0.2) is 4.77 Å². The van der Waals surface area contributed by atoms with Crippen molar-refractivity contribution in [3.05, 3.63) is 69.2 Å². The van der Waals surface area contributed by atoms with E-state index < -0.39 is 0 Å². The molecule has 118 valence electrons. The molecule has 1 N–H and O–H groups in total. The summed E-state index contributed by atoms with van der Waals surface area (Å²) in [6.07, 6.45) is 0.137. The molecule has 3 aromatic rings. The zero-order chi connectivity index (χ0) is 16.4. The van der Waals surface area contributed by atoms with Crippen molar-refractivity contribution in [2.45, 2.75) is 26.5 Å². The molecule has 0 bridgehead atoms. The number of aromatic amines is 1. The summed E-state index contributed by atoms with van der Waals surface area (Å²) < 4.78 is 7.64. The minimum Gasteiger partial charge on any atom is -0.491 e. The highest BCUT2D eigenvalue weighted by atomic mass is 32.1. The zero-order valence-electron chi connectivity index (χ0n) is 13.1. The molecule has 1 aromatic heterocycles. The summed E-state index contributed by atoms with van der Waals surface area (Å²) in [5.74, 6) is 0.819. The quantitative estimate of drug-likeness (QED) is 0.740. The van der Waals surface area contributed by atoms with Gasteiger partial charge in [-0.15, -0.1) is 0 Å². The molecule has 2 aromatic carbocycles. The van der Waals surface area contributed by atoms with Crippen LogP contribution in [0.1, 0.15) is 19.4 Å². The maximum absolute atomic E-state index is 12.6. The molecule has 0 saturated heterocycles. The van der Waals surface area contributed by atoms with Gasteiger partial charge in [0.05, 0.1) is 23.6 Å². The van der Waals surface area contributed by atoms with Gasteiger partial charge in [0.1, 0.15) is 5.75 Å². The third-order valence-electron chi connectivity index (χ3n) is 3.53. The van der Waals surface area contributed by atoms with Gasteiger partial charge in [0.2, 0.25) is 0 Å². The van der Waals surface area contributed by atoms with Crippen LogP contribution < -0.4 is 10.3 Å². The second-order valence-corrected chi connectivity index (χ2v) is 6.06. The third-order valence-corrected chi connectivity index (χ3v) is 3.85. The molecular formula is C18H18N2O2S. The number of ether oxygens (including phenoxy) is 1. The van der Waals surface area contributed by atoms with E-state index in [0.29, 0.717) is 16.7 Å². The van der Waals surface area contributed by atoms with Crippen molar-refractivity contribution in [3.8, 4) is 5.75 Å². The number of aromatic nitrogens is 2. The Morgan fingerprint density at radius 2 is 1.83 bits per heavy atom. The highest BCUT2D eigenvalue weighted by Gasteiger charge is 2.06. The number of fused-ring (bicyclic) bond motifs is 1. The Labute approximate surface area is 139 Å². The summed E-state index contributed by atoms with van der Waals surface area (Å²) in [5, 5.41) is 0.640. The van der Waals surface area contributed by atoms with Gasteiger partial charge in [0, 0.05) is 0 Å². The van der Waals surface area contributed by atoms with Gasteiger partial charge < -0.3 is 9.72 Å². The molecule has 0 radical (unpaired) electrons. The molecule has 0 saturated carbocycles. The number of para-hydroxylation sites is 1. The molecule has 0 spiro atoms. The fraction of sp³-hybridized carbons (Fsp3) is 0.222. The molecular weight excluding hydrogens is 308 g/mol. The average molecular weight is 326 g/mol. The molecule has 0 atom stereocenters. The van der Waals surface area contributed by atoms with Crippen molar-refractivity contribution in [3.63, 3.8) is 0 Å². The van der Waals surface area contributed by atoms with Crippen molar-refractivity contribution in [1.82, 2.24) is 9.55 Å². The van der Waals surface area contributed by atoms with Crippen LogP contribution >= 0.6 is 12.2 Å². The van der Waals surface area contributed by atoms with Crippen LogP contribution in [-0.4, -0.2) is 15.7 Å². The molecule has 23 heavy (non-hydrogen) atoms. The zero-order valence-corrected chi connectivity index (χ0v) is 13.9. The highest BCUT2D eigenvalue weighted by Crippen LogP contribution is 2.15. The second-order valence-electron chi connectivity index (χ2n) is 5.68. The Kier molecular flexibility index (Phi) is 4.30. The van der Waals surface area contributed by atoms with Crippen LogP contribution in [-0.2, 0) is 6.54 Å². The molecule has 0 aliphatic heterocycles. The lowest BCUT2D eigenvalue weighted by Crippen LogP contribution is -2.22. The van der Waals surface area contributed by atoms with E-state index in [1.807, 2.05) is 56.3 Å². The Balaban J connectivity index is 1.95. The smallest absolute Gasteiger partial charge is 0.262 e. The summed E-state index contributed by atoms with van der Waals surface area (Å²) in [5.41, 5.74) is 1.68. The Bertz CT molecular complexity index is 940. The van der Waals surface area contributed by atoms with E-state index in [4.69, 9.17) is 17.0 Å². The van der Waals surface area contributed by atoms with E-state index in [1.165, 1.54) is 0 Å². The molecule has 3 rings (SSSR count). The first kappa shape index (κ1) is 15.5. The van der Waals surface area contributed by atoms with Gasteiger partial charge in [-0.05, 0) is 55.9 Å². The van der Waals surface area contributed by atoms with Crippen LogP contribution in [0.25, 0.3) is 10.9 Å². The van der Waals surface area contributed by atoms with E-state index in [1.54, 1.807) is 10.6 Å². The summed E-state index contributed by atoms with van der Waals surface area (Å²) in [7, 11) is 0. The van der Waals surface area contributed by atoms with Crippen molar-refractivity contribution in [1.29, 1.82) is 0 Å². The first-order valence-corrected chi connectivity index (χ1v) is 7.93. The number of H-pyrrole nitrogens is 1. The summed E-state index contributed by atoms with van der Waals surface area (Å²) in [6.45, 7) is 4.41. The number of benzene rings is 2. The minimum atomic E-state index is -0.0770. The van der Waals surface area contributed by atoms with Gasteiger partial charge in [-0.1, -0.05) is 24.3 Å². The summed E-state index contributed by atoms with van der Waals surface area (Å²) in [4.78, 5) is 15.7. The molecule has 5 heteroatoms. The molecule has 0 aliphatic carbocycles. The van der Waals surface area contributed by atoms with Crippen LogP contribution in [0, 0.1) is 4.77 Å². The number of nitrogens with zero attached hydrogens (tertiary/aromatic N) is 1. The highest BCUT2D eigenvalue weighted by molar-refractivity contribution is 7.71. The SMILES string of the molecule is CC(C)Oc1ccc(Cn2c(=S)[nH]c3ccccc3c2=O)cc1. The fourth-order valence-electron chi connectivity index (χ4n) is 2.47. The van der Waals surface area contributed by atoms with Gasteiger partial charge in [0.25, 0.3) is 5.56 Å². The van der Waals surface area contributed by atoms with Crippen LogP contribution in [0.2, 0.25) is 0 Å². The molecule has 0 aliphatic rings. The van der Waals surface area contributed by atoms with Crippen LogP contribution in [0.5, 0.6) is 5.75 Å². The number of nitrogens with one attached hydrogen (secondary N) is 1. The Hall–Kier alpha value is -2.40. The average Bonchev–Trinajstić information content (AvgIpc) is 2.52. The van der Waals surface area contributed by atoms with Crippen molar-refractivity contribution >= 4 is 23.1 Å². The van der Waals surface area contributed by atoms with Crippen molar-refractivity contribution in [2.75, 3.05) is 0 Å². The predicted molar refractivity (Wildman–Crippen MR) is 94.7 cm³/mol. The number of hydrogen-bond donors (Lipinski definition) is 1. The van der Waals surface area contributed by atoms with Gasteiger partial charge >= 0.3 is 0 Å². The lowest BCUT2D eigenvalue weighted by molar-refractivity contribution is 0.242. The molecule has 0 amide bonds. The lowest BCUT2D eigenvalue weighted by Gasteiger charge is -2.11. The first-order chi connectivity index (χ1) is 11.0. The number of rotatable bonds is 4. The standard InChI is InChI=1S/C18H18N2O2S/c1-12(2)22-14-9-7-13(8-10-14)11-20-17(21)15-5-3-4-6-16(15)19-18(20)23/h3-10,12H,11H2,1-2H3,(H,19,23).